The third-order valence-corrected chi connectivity index (χ3v) is 3.03. The van der Waals surface area contributed by atoms with Gasteiger partial charge in [-0.15, -0.1) is 0 Å². The molecule has 0 heterocycles. The van der Waals surface area contributed by atoms with Crippen LogP contribution in [0.1, 0.15) is 66.2 Å². The highest BCUT2D eigenvalue weighted by Crippen LogP contribution is 2.38. The summed E-state index contributed by atoms with van der Waals surface area (Å²) in [5.74, 6) is 0.154. The number of rotatable bonds is 6. The molecule has 0 aromatic carbocycles. The average Bonchev–Trinajstić information content (AvgIpc) is 2.96. The van der Waals surface area contributed by atoms with Crippen molar-refractivity contribution in [3.8, 4) is 0 Å². The molecule has 0 saturated heterocycles. The molecule has 0 aromatic rings. The molecular formula is C14H25NO3. The van der Waals surface area contributed by atoms with Gasteiger partial charge in [0.2, 0.25) is 0 Å². The number of amides is 1. The van der Waals surface area contributed by atoms with E-state index in [1.807, 2.05) is 20.8 Å². The Morgan fingerprint density at radius 2 is 1.83 bits per heavy atom. The SMILES string of the molecule is CCCCCC(=O)C1(NC(=O)OC(C)(C)C)CC1. The van der Waals surface area contributed by atoms with Crippen molar-refractivity contribution in [2.45, 2.75) is 77.4 Å². The number of ketones is 1. The van der Waals surface area contributed by atoms with Gasteiger partial charge in [0.15, 0.2) is 5.78 Å². The molecule has 4 heteroatoms. The van der Waals surface area contributed by atoms with Crippen molar-refractivity contribution in [1.29, 1.82) is 0 Å². The molecule has 0 radical (unpaired) electrons. The maximum atomic E-state index is 12.0. The Hall–Kier alpha value is -1.06. The van der Waals surface area contributed by atoms with Gasteiger partial charge in [-0.3, -0.25) is 4.79 Å². The lowest BCUT2D eigenvalue weighted by Gasteiger charge is -2.22. The van der Waals surface area contributed by atoms with E-state index < -0.39 is 17.2 Å². The Bertz CT molecular complexity index is 313. The standard InChI is InChI=1S/C14H25NO3/c1-5-6-7-8-11(16)14(9-10-14)15-12(17)18-13(2,3)4/h5-10H2,1-4H3,(H,15,17). The number of carbonyl (C=O) groups is 2. The number of carbonyl (C=O) groups excluding carboxylic acids is 2. The first-order valence-electron chi connectivity index (χ1n) is 6.83. The number of alkyl carbamates (subject to hydrolysis) is 1. The Morgan fingerprint density at radius 1 is 1.22 bits per heavy atom. The zero-order valence-corrected chi connectivity index (χ0v) is 12.0. The van der Waals surface area contributed by atoms with Crippen LogP contribution in [0.15, 0.2) is 0 Å². The maximum Gasteiger partial charge on any atom is 0.408 e. The van der Waals surface area contributed by atoms with Crippen LogP contribution in [0.5, 0.6) is 0 Å². The first kappa shape index (κ1) is 15.0. The van der Waals surface area contributed by atoms with Gasteiger partial charge in [-0.1, -0.05) is 19.8 Å². The van der Waals surface area contributed by atoms with Gasteiger partial charge in [-0.2, -0.15) is 0 Å². The largest absolute Gasteiger partial charge is 0.444 e. The molecular weight excluding hydrogens is 230 g/mol. The number of Topliss-reactive ketones (excluding diaryl/α,β-unsaturated/α-hetero) is 1. The summed E-state index contributed by atoms with van der Waals surface area (Å²) in [4.78, 5) is 23.7. The Morgan fingerprint density at radius 3 is 2.28 bits per heavy atom. The second kappa shape index (κ2) is 5.72. The van der Waals surface area contributed by atoms with E-state index >= 15 is 0 Å². The average molecular weight is 255 g/mol. The van der Waals surface area contributed by atoms with Gasteiger partial charge in [-0.05, 0) is 40.0 Å². The number of nitrogens with one attached hydrogen (secondary N) is 1. The second-order valence-electron chi connectivity index (χ2n) is 6.09. The Labute approximate surface area is 109 Å². The van der Waals surface area contributed by atoms with Crippen LogP contribution >= 0.6 is 0 Å². The quantitative estimate of drug-likeness (QED) is 0.741. The highest BCUT2D eigenvalue weighted by atomic mass is 16.6. The molecule has 1 amide bonds. The minimum absolute atomic E-state index is 0.154. The zero-order valence-electron chi connectivity index (χ0n) is 12.0. The summed E-state index contributed by atoms with van der Waals surface area (Å²) in [6.45, 7) is 7.55. The molecule has 0 bridgehead atoms. The molecule has 1 saturated carbocycles. The van der Waals surface area contributed by atoms with Crippen LogP contribution in [0, 0.1) is 0 Å². The van der Waals surface area contributed by atoms with Crippen LogP contribution in [0.4, 0.5) is 4.79 Å². The third kappa shape index (κ3) is 4.67. The van der Waals surface area contributed by atoms with Gasteiger partial charge in [0.05, 0.1) is 0 Å². The highest BCUT2D eigenvalue weighted by molar-refractivity contribution is 5.94. The predicted molar refractivity (Wildman–Crippen MR) is 70.5 cm³/mol. The second-order valence-corrected chi connectivity index (χ2v) is 6.09. The Balaban J connectivity index is 2.40. The summed E-state index contributed by atoms with van der Waals surface area (Å²) < 4.78 is 5.19. The van der Waals surface area contributed by atoms with E-state index in [0.717, 1.165) is 32.1 Å². The topological polar surface area (TPSA) is 55.4 Å². The summed E-state index contributed by atoms with van der Waals surface area (Å²) in [5.41, 5.74) is -1.14. The number of hydrogen-bond donors (Lipinski definition) is 1. The van der Waals surface area contributed by atoms with Gasteiger partial charge in [0.1, 0.15) is 11.1 Å². The van der Waals surface area contributed by atoms with E-state index in [1.54, 1.807) is 0 Å². The maximum absolute atomic E-state index is 12.0. The summed E-state index contributed by atoms with van der Waals surface area (Å²) in [7, 11) is 0. The summed E-state index contributed by atoms with van der Waals surface area (Å²) in [5, 5.41) is 2.74. The van der Waals surface area contributed by atoms with Gasteiger partial charge in [0, 0.05) is 6.42 Å². The van der Waals surface area contributed by atoms with Gasteiger partial charge < -0.3 is 10.1 Å². The third-order valence-electron chi connectivity index (χ3n) is 3.03. The van der Waals surface area contributed by atoms with E-state index in [9.17, 15) is 9.59 Å². The van der Waals surface area contributed by atoms with Crippen LogP contribution in [0.2, 0.25) is 0 Å². The fourth-order valence-corrected chi connectivity index (χ4v) is 1.87. The van der Waals surface area contributed by atoms with Gasteiger partial charge in [0.25, 0.3) is 0 Å². The molecule has 104 valence electrons. The minimum atomic E-state index is -0.615. The van der Waals surface area contributed by atoms with Crippen LogP contribution < -0.4 is 5.32 Å². The molecule has 0 aromatic heterocycles. The first-order valence-corrected chi connectivity index (χ1v) is 6.83. The van der Waals surface area contributed by atoms with E-state index in [4.69, 9.17) is 4.74 Å². The smallest absolute Gasteiger partial charge is 0.408 e. The molecule has 1 rings (SSSR count). The highest BCUT2D eigenvalue weighted by Gasteiger charge is 2.50. The predicted octanol–water partition coefficient (Wildman–Crippen LogP) is 3.19. The van der Waals surface area contributed by atoms with Crippen molar-refractivity contribution >= 4 is 11.9 Å². The number of hydrogen-bond acceptors (Lipinski definition) is 3. The van der Waals surface area contributed by atoms with Crippen molar-refractivity contribution in [2.24, 2.45) is 0 Å². The van der Waals surface area contributed by atoms with Crippen molar-refractivity contribution in [1.82, 2.24) is 5.32 Å². The van der Waals surface area contributed by atoms with E-state index in [2.05, 4.69) is 12.2 Å². The van der Waals surface area contributed by atoms with E-state index in [1.165, 1.54) is 0 Å². The molecule has 0 unspecified atom stereocenters. The summed E-state index contributed by atoms with van der Waals surface area (Å²) >= 11 is 0. The molecule has 4 nitrogen and oxygen atoms in total. The minimum Gasteiger partial charge on any atom is -0.444 e. The molecule has 1 aliphatic rings. The normalized spacial score (nSPS) is 17.1. The number of unbranched alkanes of at least 4 members (excludes halogenated alkanes) is 2. The lowest BCUT2D eigenvalue weighted by Crippen LogP contribution is -2.45. The lowest BCUT2D eigenvalue weighted by atomic mass is 10.0. The summed E-state index contributed by atoms with van der Waals surface area (Å²) in [6, 6.07) is 0. The van der Waals surface area contributed by atoms with Crippen LogP contribution in [-0.4, -0.2) is 23.0 Å². The van der Waals surface area contributed by atoms with Gasteiger partial charge >= 0.3 is 6.09 Å². The van der Waals surface area contributed by atoms with Crippen molar-refractivity contribution < 1.29 is 14.3 Å². The number of ether oxygens (including phenoxy) is 1. The van der Waals surface area contributed by atoms with E-state index in [0.29, 0.717) is 6.42 Å². The van der Waals surface area contributed by atoms with Gasteiger partial charge in [-0.25, -0.2) is 4.79 Å². The van der Waals surface area contributed by atoms with Crippen molar-refractivity contribution in [3.63, 3.8) is 0 Å². The van der Waals surface area contributed by atoms with Crippen LogP contribution in [-0.2, 0) is 9.53 Å². The molecule has 18 heavy (non-hydrogen) atoms. The molecule has 1 fully saturated rings. The molecule has 0 atom stereocenters. The lowest BCUT2D eigenvalue weighted by molar-refractivity contribution is -0.122. The molecule has 1 aliphatic carbocycles. The Kier molecular flexibility index (Phi) is 4.77. The van der Waals surface area contributed by atoms with E-state index in [-0.39, 0.29) is 5.78 Å². The first-order chi connectivity index (χ1) is 8.29. The fraction of sp³-hybridized carbons (Fsp3) is 0.857. The van der Waals surface area contributed by atoms with Crippen molar-refractivity contribution in [2.75, 3.05) is 0 Å². The summed E-state index contributed by atoms with van der Waals surface area (Å²) in [6.07, 6.45) is 4.64. The molecule has 1 N–H and O–H groups in total. The van der Waals surface area contributed by atoms with Crippen LogP contribution in [0.25, 0.3) is 0 Å². The van der Waals surface area contributed by atoms with Crippen molar-refractivity contribution in [3.05, 3.63) is 0 Å². The molecule has 0 spiro atoms. The fourth-order valence-electron chi connectivity index (χ4n) is 1.87. The monoisotopic (exact) mass is 255 g/mol. The zero-order chi connectivity index (χ0) is 13.8. The molecule has 0 aliphatic heterocycles. The van der Waals surface area contributed by atoms with Crippen LogP contribution in [0.3, 0.4) is 0 Å².